The Balaban J connectivity index is 2.39. The maximum Gasteiger partial charge on any atom is 0.435 e. The van der Waals surface area contributed by atoms with Crippen LogP contribution >= 0.6 is 0 Å². The number of nitrogens with two attached hydrogens (primary N) is 1. The summed E-state index contributed by atoms with van der Waals surface area (Å²) in [4.78, 5) is 36.3. The van der Waals surface area contributed by atoms with E-state index in [1.165, 1.54) is 0 Å². The number of hydrogen-bond donors (Lipinski definition) is 2. The molecule has 0 saturated carbocycles. The molecule has 0 fully saturated rings. The summed E-state index contributed by atoms with van der Waals surface area (Å²) in [6.45, 7) is 3.51. The average Bonchev–Trinajstić information content (AvgIpc) is 2.87. The van der Waals surface area contributed by atoms with E-state index in [-0.39, 0.29) is 10.6 Å². The van der Waals surface area contributed by atoms with Crippen molar-refractivity contribution in [2.45, 2.75) is 20.0 Å². The second kappa shape index (κ2) is 7.09. The Kier molecular flexibility index (Phi) is 5.24. The molecular formula is C16H16F3N5O3. The normalized spacial score (nSPS) is 11.2. The number of halogens is 3. The summed E-state index contributed by atoms with van der Waals surface area (Å²) >= 11 is 0. The largest absolute Gasteiger partial charge is 0.435 e. The molecule has 0 unspecified atom stereocenters. The van der Waals surface area contributed by atoms with Gasteiger partial charge in [-0.15, -0.1) is 0 Å². The zero-order chi connectivity index (χ0) is 20.5. The molecular weight excluding hydrogens is 367 g/mol. The summed E-state index contributed by atoms with van der Waals surface area (Å²) in [6, 6.07) is 2.12. The molecule has 0 radical (unpaired) electrons. The van der Waals surface area contributed by atoms with Gasteiger partial charge >= 0.3 is 18.2 Å². The molecule has 0 saturated heterocycles. The molecule has 0 aliphatic rings. The van der Waals surface area contributed by atoms with E-state index in [4.69, 9.17) is 5.73 Å². The van der Waals surface area contributed by atoms with Gasteiger partial charge in [0.1, 0.15) is 0 Å². The van der Waals surface area contributed by atoms with E-state index in [9.17, 15) is 27.6 Å². The monoisotopic (exact) mass is 383 g/mol. The van der Waals surface area contributed by atoms with Crippen LogP contribution in [-0.4, -0.2) is 32.6 Å². The lowest BCUT2D eigenvalue weighted by Gasteiger charge is -2.18. The number of nitrogens with one attached hydrogen (secondary N) is 1. The van der Waals surface area contributed by atoms with Gasteiger partial charge in [0.2, 0.25) is 0 Å². The molecule has 11 heteroatoms. The number of alkyl halides is 3. The number of rotatable bonds is 2. The molecule has 8 nitrogen and oxygen atoms in total. The Morgan fingerprint density at radius 3 is 2.19 bits per heavy atom. The number of benzene rings is 1. The molecule has 1 aromatic carbocycles. The highest BCUT2D eigenvalue weighted by molar-refractivity contribution is 6.18. The van der Waals surface area contributed by atoms with Crippen molar-refractivity contribution in [2.75, 3.05) is 5.32 Å². The number of nitrogens with zero attached hydrogens (tertiary/aromatic N) is 3. The van der Waals surface area contributed by atoms with Gasteiger partial charge in [-0.1, -0.05) is 6.07 Å². The summed E-state index contributed by atoms with van der Waals surface area (Å²) < 4.78 is 39.9. The van der Waals surface area contributed by atoms with Gasteiger partial charge in [0.15, 0.2) is 5.69 Å². The Labute approximate surface area is 151 Å². The third-order valence-electron chi connectivity index (χ3n) is 3.43. The molecule has 1 aromatic heterocycles. The molecule has 27 heavy (non-hydrogen) atoms. The van der Waals surface area contributed by atoms with E-state index >= 15 is 0 Å². The average molecular weight is 383 g/mol. The molecule has 3 N–H and O–H groups in total. The Hall–Kier alpha value is -3.37. The Morgan fingerprint density at radius 1 is 1.15 bits per heavy atom. The number of primary amides is 1. The van der Waals surface area contributed by atoms with Crippen LogP contribution in [0.15, 0.2) is 24.4 Å². The summed E-state index contributed by atoms with van der Waals surface area (Å²) in [5.74, 6) is -1.54. The lowest BCUT2D eigenvalue weighted by atomic mass is 10.1. The second-order valence-corrected chi connectivity index (χ2v) is 5.85. The summed E-state index contributed by atoms with van der Waals surface area (Å²) in [7, 11) is 1.16. The van der Waals surface area contributed by atoms with E-state index in [1.54, 1.807) is 26.0 Å². The van der Waals surface area contributed by atoms with Crippen LogP contribution in [0, 0.1) is 13.8 Å². The maximum absolute atomic E-state index is 13.1. The molecule has 0 aliphatic heterocycles. The summed E-state index contributed by atoms with van der Waals surface area (Å²) in [5.41, 5.74) is 4.37. The molecule has 2 aromatic rings. The van der Waals surface area contributed by atoms with E-state index in [0.29, 0.717) is 0 Å². The van der Waals surface area contributed by atoms with Crippen LogP contribution < -0.4 is 11.1 Å². The first-order valence-corrected chi connectivity index (χ1v) is 7.54. The van der Waals surface area contributed by atoms with Crippen LogP contribution in [0.5, 0.6) is 0 Å². The van der Waals surface area contributed by atoms with Crippen molar-refractivity contribution >= 4 is 23.7 Å². The SMILES string of the molecule is Cc1cc(C)cc(NC(=O)N(C(N)=O)C(=O)c2cn(C)nc2C(F)(F)F)c1. The molecule has 144 valence electrons. The number of carbonyl (C=O) groups excluding carboxylic acids is 3. The Bertz CT molecular complexity index is 900. The lowest BCUT2D eigenvalue weighted by molar-refractivity contribution is -0.141. The van der Waals surface area contributed by atoms with Gasteiger partial charge in [-0.2, -0.15) is 23.2 Å². The fraction of sp³-hybridized carbons (Fsp3) is 0.250. The molecule has 0 aliphatic carbocycles. The number of urea groups is 2. The minimum absolute atomic E-state index is 0.107. The fourth-order valence-electron chi connectivity index (χ4n) is 2.49. The van der Waals surface area contributed by atoms with E-state index in [1.807, 2.05) is 6.07 Å². The zero-order valence-corrected chi connectivity index (χ0v) is 14.6. The van der Waals surface area contributed by atoms with Crippen LogP contribution in [-0.2, 0) is 13.2 Å². The first kappa shape index (κ1) is 19.9. The number of carbonyl (C=O) groups is 3. The van der Waals surface area contributed by atoms with Crippen molar-refractivity contribution in [1.82, 2.24) is 14.7 Å². The number of amides is 5. The van der Waals surface area contributed by atoms with Crippen molar-refractivity contribution in [1.29, 1.82) is 0 Å². The number of hydrogen-bond acceptors (Lipinski definition) is 4. The van der Waals surface area contributed by atoms with Gasteiger partial charge in [-0.3, -0.25) is 9.48 Å². The van der Waals surface area contributed by atoms with Crippen LogP contribution in [0.1, 0.15) is 27.2 Å². The predicted octanol–water partition coefficient (Wildman–Crippen LogP) is 2.81. The van der Waals surface area contributed by atoms with E-state index in [0.717, 1.165) is 29.1 Å². The number of aryl methyl sites for hydroxylation is 3. The summed E-state index contributed by atoms with van der Waals surface area (Å²) in [5, 5.41) is 5.45. The van der Waals surface area contributed by atoms with Crippen molar-refractivity contribution in [3.8, 4) is 0 Å². The smallest absolute Gasteiger partial charge is 0.351 e. The number of aromatic nitrogens is 2. The topological polar surface area (TPSA) is 110 Å². The highest BCUT2D eigenvalue weighted by Gasteiger charge is 2.41. The molecule has 0 atom stereocenters. The quantitative estimate of drug-likeness (QED) is 0.831. The molecule has 0 bridgehead atoms. The minimum Gasteiger partial charge on any atom is -0.351 e. The van der Waals surface area contributed by atoms with Crippen molar-refractivity contribution < 1.29 is 27.6 Å². The van der Waals surface area contributed by atoms with Gasteiger partial charge in [0.05, 0.1) is 5.56 Å². The van der Waals surface area contributed by atoms with Crippen molar-refractivity contribution in [2.24, 2.45) is 12.8 Å². The van der Waals surface area contributed by atoms with Gasteiger partial charge in [-0.05, 0) is 37.1 Å². The maximum atomic E-state index is 13.1. The van der Waals surface area contributed by atoms with Crippen molar-refractivity contribution in [3.05, 3.63) is 46.8 Å². The highest BCUT2D eigenvalue weighted by Crippen LogP contribution is 2.31. The van der Waals surface area contributed by atoms with Crippen molar-refractivity contribution in [3.63, 3.8) is 0 Å². The van der Waals surface area contributed by atoms with Crippen LogP contribution in [0.4, 0.5) is 28.4 Å². The molecule has 2 rings (SSSR count). The lowest BCUT2D eigenvalue weighted by Crippen LogP contribution is -2.47. The van der Waals surface area contributed by atoms with Gasteiger partial charge in [-0.25, -0.2) is 9.59 Å². The number of anilines is 1. The highest BCUT2D eigenvalue weighted by atomic mass is 19.4. The van der Waals surface area contributed by atoms with Crippen LogP contribution in [0.2, 0.25) is 0 Å². The molecule has 1 heterocycles. The standard InChI is InChI=1S/C16H16F3N5O3/c1-8-4-9(2)6-10(5-8)21-15(27)24(14(20)26)13(25)11-7-23(3)22-12(11)16(17,18)19/h4-7H,1-3H3,(H2,20,26)(H,21,27). The zero-order valence-electron chi connectivity index (χ0n) is 14.6. The summed E-state index contributed by atoms with van der Waals surface area (Å²) in [6.07, 6.45) is -4.20. The van der Waals surface area contributed by atoms with Crippen LogP contribution in [0.25, 0.3) is 0 Å². The number of imide groups is 3. The van der Waals surface area contributed by atoms with Crippen LogP contribution in [0.3, 0.4) is 0 Å². The molecule has 5 amide bonds. The first-order valence-electron chi connectivity index (χ1n) is 7.54. The minimum atomic E-state index is -4.96. The molecule has 0 spiro atoms. The second-order valence-electron chi connectivity index (χ2n) is 5.85. The van der Waals surface area contributed by atoms with Gasteiger partial charge in [0.25, 0.3) is 5.91 Å². The third kappa shape index (κ3) is 4.43. The van der Waals surface area contributed by atoms with Gasteiger partial charge in [0, 0.05) is 18.9 Å². The Morgan fingerprint density at radius 2 is 1.70 bits per heavy atom. The predicted molar refractivity (Wildman–Crippen MR) is 88.9 cm³/mol. The van der Waals surface area contributed by atoms with E-state index in [2.05, 4.69) is 10.4 Å². The first-order chi connectivity index (χ1) is 12.4. The third-order valence-corrected chi connectivity index (χ3v) is 3.43. The van der Waals surface area contributed by atoms with E-state index < -0.39 is 35.4 Å². The van der Waals surface area contributed by atoms with Gasteiger partial charge < -0.3 is 11.1 Å². The fourth-order valence-corrected chi connectivity index (χ4v) is 2.49.